The van der Waals surface area contributed by atoms with Crippen LogP contribution in [0.15, 0.2) is 66.7 Å². The van der Waals surface area contributed by atoms with Gasteiger partial charge in [0.15, 0.2) is 0 Å². The number of esters is 2. The quantitative estimate of drug-likeness (QED) is 0.211. The van der Waals surface area contributed by atoms with Gasteiger partial charge in [-0.3, -0.25) is 0 Å². The van der Waals surface area contributed by atoms with Crippen LogP contribution in [0.25, 0.3) is 22.6 Å². The molecule has 0 spiro atoms. The van der Waals surface area contributed by atoms with Gasteiger partial charge in [-0.15, -0.1) is 0 Å². The minimum atomic E-state index is -0.601. The van der Waals surface area contributed by atoms with Crippen LogP contribution >= 0.6 is 23.2 Å². The summed E-state index contributed by atoms with van der Waals surface area (Å²) in [6.45, 7) is 1.88. The van der Waals surface area contributed by atoms with Gasteiger partial charge in [-0.05, 0) is 55.0 Å². The Morgan fingerprint density at radius 1 is 0.971 bits per heavy atom. The van der Waals surface area contributed by atoms with Crippen molar-refractivity contribution in [3.8, 4) is 11.5 Å². The van der Waals surface area contributed by atoms with Gasteiger partial charge in [0.2, 0.25) is 0 Å². The number of aromatic nitrogens is 1. The molecule has 0 saturated carbocycles. The van der Waals surface area contributed by atoms with E-state index >= 15 is 0 Å². The first kappa shape index (κ1) is 24.4. The second-order valence-corrected chi connectivity index (χ2v) is 8.28. The van der Waals surface area contributed by atoms with Crippen molar-refractivity contribution >= 4 is 57.7 Å². The number of methoxy groups -OCH3 is 1. The van der Waals surface area contributed by atoms with Crippen molar-refractivity contribution in [1.82, 2.24) is 4.98 Å². The number of halogens is 2. The number of fused-ring (bicyclic) bond motifs is 1. The first-order valence-electron chi connectivity index (χ1n) is 10.7. The summed E-state index contributed by atoms with van der Waals surface area (Å²) in [5, 5.41) is 1.24. The third-order valence-corrected chi connectivity index (χ3v) is 5.67. The fourth-order valence-electron chi connectivity index (χ4n) is 3.65. The lowest BCUT2D eigenvalue weighted by Gasteiger charge is -2.10. The lowest BCUT2D eigenvalue weighted by molar-refractivity contribution is -0.133. The minimum Gasteiger partial charge on any atom is -0.465 e. The van der Waals surface area contributed by atoms with E-state index in [0.29, 0.717) is 43.6 Å². The summed E-state index contributed by atoms with van der Waals surface area (Å²) in [7, 11) is 1.29. The predicted octanol–water partition coefficient (Wildman–Crippen LogP) is 7.16. The fourth-order valence-corrected chi connectivity index (χ4v) is 4.24. The maximum Gasteiger partial charge on any atom is 0.355 e. The number of H-pyrrole nitrogens is 1. The summed E-state index contributed by atoms with van der Waals surface area (Å²) in [6.07, 6.45) is 1.55. The molecule has 4 rings (SSSR count). The monoisotopic (exact) mass is 509 g/mol. The largest absolute Gasteiger partial charge is 0.465 e. The van der Waals surface area contributed by atoms with Gasteiger partial charge < -0.3 is 19.2 Å². The highest BCUT2D eigenvalue weighted by molar-refractivity contribution is 6.39. The second kappa shape index (κ2) is 10.7. The molecule has 0 aliphatic rings. The van der Waals surface area contributed by atoms with Gasteiger partial charge in [-0.2, -0.15) is 0 Å². The molecule has 6 nitrogen and oxygen atoms in total. The Kier molecular flexibility index (Phi) is 7.44. The van der Waals surface area contributed by atoms with Gasteiger partial charge >= 0.3 is 11.9 Å². The highest BCUT2D eigenvalue weighted by Crippen LogP contribution is 2.36. The van der Waals surface area contributed by atoms with Gasteiger partial charge in [-0.1, -0.05) is 53.5 Å². The van der Waals surface area contributed by atoms with Crippen LogP contribution in [0, 0.1) is 0 Å². The number of nitrogens with one attached hydrogen (secondary N) is 1. The standard InChI is InChI=1S/C27H21Cl2NO5/c1-3-34-27(32)25-21(24-22(29)13-17(28)14-23(24)30-25)15-20(26(31)33-2)16-8-7-11-19(12-16)35-18-9-5-4-6-10-18/h4-15,30H,3H2,1-2H3/b20-15+. The van der Waals surface area contributed by atoms with E-state index in [1.165, 1.54) is 7.11 Å². The maximum atomic E-state index is 12.9. The molecule has 0 saturated heterocycles. The first-order valence-corrected chi connectivity index (χ1v) is 11.5. The number of aromatic amines is 1. The zero-order chi connectivity index (χ0) is 24.9. The van der Waals surface area contributed by atoms with Crippen LogP contribution in [-0.4, -0.2) is 30.6 Å². The van der Waals surface area contributed by atoms with E-state index in [4.69, 9.17) is 37.4 Å². The smallest absolute Gasteiger partial charge is 0.355 e. The molecule has 1 heterocycles. The SMILES string of the molecule is CCOC(=O)c1[nH]c2cc(Cl)cc(Cl)c2c1/C=C(/C(=O)OC)c1cccc(Oc2ccccc2)c1. The summed E-state index contributed by atoms with van der Waals surface area (Å²) < 4.78 is 16.2. The van der Waals surface area contributed by atoms with Crippen LogP contribution in [0.4, 0.5) is 0 Å². The van der Waals surface area contributed by atoms with Gasteiger partial charge in [0.25, 0.3) is 0 Å². The summed E-state index contributed by atoms with van der Waals surface area (Å²) in [5.41, 5.74) is 1.78. The van der Waals surface area contributed by atoms with Gasteiger partial charge in [0.05, 0.1) is 24.3 Å². The van der Waals surface area contributed by atoms with E-state index in [0.717, 1.165) is 0 Å². The van der Waals surface area contributed by atoms with Crippen LogP contribution < -0.4 is 4.74 Å². The topological polar surface area (TPSA) is 77.6 Å². The summed E-state index contributed by atoms with van der Waals surface area (Å²) in [4.78, 5) is 28.7. The lowest BCUT2D eigenvalue weighted by atomic mass is 10.0. The second-order valence-electron chi connectivity index (χ2n) is 7.44. The molecule has 35 heavy (non-hydrogen) atoms. The van der Waals surface area contributed by atoms with Crippen molar-refractivity contribution in [3.05, 3.63) is 93.6 Å². The van der Waals surface area contributed by atoms with E-state index < -0.39 is 11.9 Å². The Balaban J connectivity index is 1.88. The number of carbonyl (C=O) groups excluding carboxylic acids is 2. The number of rotatable bonds is 7. The van der Waals surface area contributed by atoms with Crippen molar-refractivity contribution in [2.24, 2.45) is 0 Å². The fraction of sp³-hybridized carbons (Fsp3) is 0.111. The molecule has 3 aromatic carbocycles. The summed E-state index contributed by atoms with van der Waals surface area (Å²) >= 11 is 12.7. The molecule has 1 N–H and O–H groups in total. The third-order valence-electron chi connectivity index (χ3n) is 5.15. The van der Waals surface area contributed by atoms with Crippen LogP contribution in [-0.2, 0) is 14.3 Å². The molecule has 0 aliphatic carbocycles. The molecule has 1 aromatic heterocycles. The Bertz CT molecular complexity index is 1430. The first-order chi connectivity index (χ1) is 16.9. The average Bonchev–Trinajstić information content (AvgIpc) is 3.21. The van der Waals surface area contributed by atoms with Crippen molar-refractivity contribution in [1.29, 1.82) is 0 Å². The van der Waals surface area contributed by atoms with E-state index in [1.54, 1.807) is 49.4 Å². The molecule has 0 bridgehead atoms. The Hall–Kier alpha value is -3.74. The Morgan fingerprint density at radius 3 is 2.43 bits per heavy atom. The number of benzene rings is 3. The summed E-state index contributed by atoms with van der Waals surface area (Å²) in [6, 6.07) is 19.5. The third kappa shape index (κ3) is 5.34. The number of para-hydroxylation sites is 1. The molecular formula is C27H21Cl2NO5. The Morgan fingerprint density at radius 2 is 1.71 bits per heavy atom. The van der Waals surface area contributed by atoms with Gasteiger partial charge in [0.1, 0.15) is 17.2 Å². The summed E-state index contributed by atoms with van der Waals surface area (Å²) in [5.74, 6) is -0.0142. The van der Waals surface area contributed by atoms with Crippen LogP contribution in [0.1, 0.15) is 28.5 Å². The molecule has 0 unspecified atom stereocenters. The van der Waals surface area contributed by atoms with Crippen molar-refractivity contribution in [2.45, 2.75) is 6.92 Å². The van der Waals surface area contributed by atoms with Crippen LogP contribution in [0.3, 0.4) is 0 Å². The average molecular weight is 510 g/mol. The zero-order valence-corrected chi connectivity index (χ0v) is 20.4. The molecule has 0 atom stereocenters. The van der Waals surface area contributed by atoms with E-state index in [9.17, 15) is 9.59 Å². The Labute approximate surface area is 212 Å². The highest BCUT2D eigenvalue weighted by atomic mass is 35.5. The predicted molar refractivity (Wildman–Crippen MR) is 137 cm³/mol. The number of carbonyl (C=O) groups is 2. The minimum absolute atomic E-state index is 0.143. The van der Waals surface area contributed by atoms with E-state index in [1.807, 2.05) is 30.3 Å². The van der Waals surface area contributed by atoms with Crippen LogP contribution in [0.2, 0.25) is 10.0 Å². The molecule has 178 valence electrons. The zero-order valence-electron chi connectivity index (χ0n) is 18.9. The van der Waals surface area contributed by atoms with Crippen molar-refractivity contribution in [3.63, 3.8) is 0 Å². The molecule has 0 aliphatic heterocycles. The lowest BCUT2D eigenvalue weighted by Crippen LogP contribution is -2.08. The number of hydrogen-bond donors (Lipinski definition) is 1. The molecular weight excluding hydrogens is 489 g/mol. The highest BCUT2D eigenvalue weighted by Gasteiger charge is 2.23. The molecule has 0 fully saturated rings. The molecule has 8 heteroatoms. The van der Waals surface area contributed by atoms with Gasteiger partial charge in [-0.25, -0.2) is 9.59 Å². The number of ether oxygens (including phenoxy) is 3. The normalized spacial score (nSPS) is 11.4. The van der Waals surface area contributed by atoms with Gasteiger partial charge in [0, 0.05) is 21.5 Å². The molecule has 0 radical (unpaired) electrons. The molecule has 4 aromatic rings. The van der Waals surface area contributed by atoms with E-state index in [-0.39, 0.29) is 17.9 Å². The van der Waals surface area contributed by atoms with Crippen molar-refractivity contribution in [2.75, 3.05) is 13.7 Å². The molecule has 0 amide bonds. The van der Waals surface area contributed by atoms with Crippen LogP contribution in [0.5, 0.6) is 11.5 Å². The maximum absolute atomic E-state index is 12.9. The van der Waals surface area contributed by atoms with E-state index in [2.05, 4.69) is 4.98 Å². The number of hydrogen-bond acceptors (Lipinski definition) is 5. The van der Waals surface area contributed by atoms with Crippen molar-refractivity contribution < 1.29 is 23.8 Å².